The molecule has 3 heteroatoms. The van der Waals surface area contributed by atoms with Crippen molar-refractivity contribution >= 4 is 15.9 Å². The Kier molecular flexibility index (Phi) is 5.86. The molecule has 1 N–H and O–H groups in total. The third-order valence-corrected chi connectivity index (χ3v) is 4.59. The van der Waals surface area contributed by atoms with Crippen molar-refractivity contribution in [1.82, 2.24) is 5.32 Å². The molecule has 2 rings (SSSR count). The number of hydrogen-bond donors (Lipinski definition) is 1. The molecule has 0 aromatic heterocycles. The molecule has 1 fully saturated rings. The molecule has 1 aliphatic rings. The van der Waals surface area contributed by atoms with Crippen LogP contribution in [0.15, 0.2) is 28.7 Å². The summed E-state index contributed by atoms with van der Waals surface area (Å²) in [7, 11) is 0. The minimum atomic E-state index is 0.440. The maximum atomic E-state index is 5.45. The highest BCUT2D eigenvalue weighted by molar-refractivity contribution is 9.10. The van der Waals surface area contributed by atoms with E-state index in [2.05, 4.69) is 59.4 Å². The number of halogens is 1. The lowest BCUT2D eigenvalue weighted by molar-refractivity contribution is 0.0543. The molecule has 19 heavy (non-hydrogen) atoms. The van der Waals surface area contributed by atoms with Crippen LogP contribution in [0.1, 0.15) is 44.7 Å². The molecule has 1 saturated heterocycles. The van der Waals surface area contributed by atoms with Gasteiger partial charge in [-0.1, -0.05) is 35.0 Å². The van der Waals surface area contributed by atoms with Crippen molar-refractivity contribution in [3.8, 4) is 0 Å². The molecule has 2 unspecified atom stereocenters. The monoisotopic (exact) mass is 325 g/mol. The number of rotatable bonds is 5. The van der Waals surface area contributed by atoms with Crippen molar-refractivity contribution in [2.24, 2.45) is 5.92 Å². The van der Waals surface area contributed by atoms with Crippen molar-refractivity contribution in [2.45, 2.75) is 45.2 Å². The van der Waals surface area contributed by atoms with Gasteiger partial charge in [0.15, 0.2) is 0 Å². The fourth-order valence-electron chi connectivity index (χ4n) is 2.84. The van der Waals surface area contributed by atoms with Gasteiger partial charge in [-0.2, -0.15) is 0 Å². The van der Waals surface area contributed by atoms with Crippen molar-refractivity contribution in [3.63, 3.8) is 0 Å². The summed E-state index contributed by atoms with van der Waals surface area (Å²) >= 11 is 3.56. The molecule has 1 aromatic rings. The van der Waals surface area contributed by atoms with Crippen molar-refractivity contribution < 1.29 is 4.74 Å². The second kappa shape index (κ2) is 7.41. The molecule has 2 atom stereocenters. The van der Waals surface area contributed by atoms with Gasteiger partial charge < -0.3 is 10.1 Å². The highest BCUT2D eigenvalue weighted by Gasteiger charge is 2.22. The highest BCUT2D eigenvalue weighted by atomic mass is 79.9. The SMILES string of the molecule is CCC(NC(C)C1CCOCC1)c1cccc(Br)c1. The summed E-state index contributed by atoms with van der Waals surface area (Å²) < 4.78 is 6.60. The van der Waals surface area contributed by atoms with Crippen LogP contribution in [0, 0.1) is 5.92 Å². The average Bonchev–Trinajstić information content (AvgIpc) is 2.45. The Morgan fingerprint density at radius 3 is 2.74 bits per heavy atom. The predicted octanol–water partition coefficient (Wildman–Crippen LogP) is 4.30. The van der Waals surface area contributed by atoms with Crippen LogP contribution in [0.5, 0.6) is 0 Å². The predicted molar refractivity (Wildman–Crippen MR) is 83.3 cm³/mol. The molecule has 1 aliphatic heterocycles. The van der Waals surface area contributed by atoms with Gasteiger partial charge in [0, 0.05) is 29.8 Å². The lowest BCUT2D eigenvalue weighted by atomic mass is 9.91. The van der Waals surface area contributed by atoms with E-state index >= 15 is 0 Å². The van der Waals surface area contributed by atoms with E-state index in [9.17, 15) is 0 Å². The third-order valence-electron chi connectivity index (χ3n) is 4.10. The number of hydrogen-bond acceptors (Lipinski definition) is 2. The number of benzene rings is 1. The minimum Gasteiger partial charge on any atom is -0.381 e. The summed E-state index contributed by atoms with van der Waals surface area (Å²) in [5.41, 5.74) is 1.37. The number of ether oxygens (including phenoxy) is 1. The summed E-state index contributed by atoms with van der Waals surface area (Å²) in [5.74, 6) is 0.745. The average molecular weight is 326 g/mol. The molecule has 0 bridgehead atoms. The normalized spacial score (nSPS) is 20.2. The van der Waals surface area contributed by atoms with Gasteiger partial charge in [0.05, 0.1) is 0 Å². The molecule has 1 aromatic carbocycles. The van der Waals surface area contributed by atoms with E-state index in [0.29, 0.717) is 12.1 Å². The summed E-state index contributed by atoms with van der Waals surface area (Å²) in [5, 5.41) is 3.80. The van der Waals surface area contributed by atoms with Crippen molar-refractivity contribution in [3.05, 3.63) is 34.3 Å². The van der Waals surface area contributed by atoms with Crippen LogP contribution < -0.4 is 5.32 Å². The Hall–Kier alpha value is -0.380. The lowest BCUT2D eigenvalue weighted by Gasteiger charge is -2.31. The van der Waals surface area contributed by atoms with Gasteiger partial charge in [-0.05, 0) is 49.8 Å². The first kappa shape index (κ1) is 15.0. The van der Waals surface area contributed by atoms with Gasteiger partial charge in [0.2, 0.25) is 0 Å². The molecule has 0 spiro atoms. The molecular formula is C16H24BrNO. The highest BCUT2D eigenvalue weighted by Crippen LogP contribution is 2.25. The Bertz CT molecular complexity index is 390. The van der Waals surface area contributed by atoms with Gasteiger partial charge in [-0.25, -0.2) is 0 Å². The first-order valence-corrected chi connectivity index (χ1v) is 8.09. The van der Waals surface area contributed by atoms with Crippen LogP contribution in [-0.2, 0) is 4.74 Å². The second-order valence-corrected chi connectivity index (χ2v) is 6.34. The smallest absolute Gasteiger partial charge is 0.0469 e. The van der Waals surface area contributed by atoms with Crippen LogP contribution in [0.3, 0.4) is 0 Å². The summed E-state index contributed by atoms with van der Waals surface area (Å²) in [6.45, 7) is 6.40. The van der Waals surface area contributed by atoms with Gasteiger partial charge in [-0.15, -0.1) is 0 Å². The largest absolute Gasteiger partial charge is 0.381 e. The Morgan fingerprint density at radius 1 is 1.37 bits per heavy atom. The van der Waals surface area contributed by atoms with E-state index in [1.807, 2.05) is 0 Å². The topological polar surface area (TPSA) is 21.3 Å². The Morgan fingerprint density at radius 2 is 2.11 bits per heavy atom. The van der Waals surface area contributed by atoms with Crippen molar-refractivity contribution in [1.29, 1.82) is 0 Å². The summed E-state index contributed by atoms with van der Waals surface area (Å²) in [6, 6.07) is 9.62. The van der Waals surface area contributed by atoms with E-state index < -0.39 is 0 Å². The second-order valence-electron chi connectivity index (χ2n) is 5.42. The molecule has 0 radical (unpaired) electrons. The van der Waals surface area contributed by atoms with E-state index in [0.717, 1.165) is 30.0 Å². The zero-order valence-electron chi connectivity index (χ0n) is 11.9. The van der Waals surface area contributed by atoms with Crippen LogP contribution in [0.2, 0.25) is 0 Å². The first-order valence-electron chi connectivity index (χ1n) is 7.30. The molecule has 106 valence electrons. The fourth-order valence-corrected chi connectivity index (χ4v) is 3.26. The quantitative estimate of drug-likeness (QED) is 0.871. The zero-order valence-corrected chi connectivity index (χ0v) is 13.4. The lowest BCUT2D eigenvalue weighted by Crippen LogP contribution is -2.38. The minimum absolute atomic E-state index is 0.440. The van der Waals surface area contributed by atoms with E-state index in [1.165, 1.54) is 18.4 Å². The van der Waals surface area contributed by atoms with E-state index in [4.69, 9.17) is 4.74 Å². The molecule has 0 saturated carbocycles. The molecule has 1 heterocycles. The zero-order chi connectivity index (χ0) is 13.7. The standard InChI is InChI=1S/C16H24BrNO/c1-3-16(14-5-4-6-15(17)11-14)18-12(2)13-7-9-19-10-8-13/h4-6,11-13,16,18H,3,7-10H2,1-2H3. The van der Waals surface area contributed by atoms with E-state index in [1.54, 1.807) is 0 Å². The Labute approximate surface area is 125 Å². The maximum absolute atomic E-state index is 5.45. The summed E-state index contributed by atoms with van der Waals surface area (Å²) in [6.07, 6.45) is 3.48. The van der Waals surface area contributed by atoms with Gasteiger partial charge in [0.25, 0.3) is 0 Å². The van der Waals surface area contributed by atoms with Crippen molar-refractivity contribution in [2.75, 3.05) is 13.2 Å². The molecular weight excluding hydrogens is 302 g/mol. The maximum Gasteiger partial charge on any atom is 0.0469 e. The first-order chi connectivity index (χ1) is 9.20. The van der Waals surface area contributed by atoms with Crippen LogP contribution >= 0.6 is 15.9 Å². The van der Waals surface area contributed by atoms with Crippen LogP contribution in [0.4, 0.5) is 0 Å². The third kappa shape index (κ3) is 4.30. The van der Waals surface area contributed by atoms with Gasteiger partial charge >= 0.3 is 0 Å². The van der Waals surface area contributed by atoms with Crippen LogP contribution in [-0.4, -0.2) is 19.3 Å². The molecule has 2 nitrogen and oxygen atoms in total. The Balaban J connectivity index is 1.98. The molecule has 0 amide bonds. The van der Waals surface area contributed by atoms with Crippen LogP contribution in [0.25, 0.3) is 0 Å². The molecule has 0 aliphatic carbocycles. The van der Waals surface area contributed by atoms with Gasteiger partial charge in [-0.3, -0.25) is 0 Å². The van der Waals surface area contributed by atoms with E-state index in [-0.39, 0.29) is 0 Å². The number of nitrogens with one attached hydrogen (secondary N) is 1. The van der Waals surface area contributed by atoms with Gasteiger partial charge in [0.1, 0.15) is 0 Å². The summed E-state index contributed by atoms with van der Waals surface area (Å²) in [4.78, 5) is 0. The fraction of sp³-hybridized carbons (Fsp3) is 0.625.